The second-order valence-corrected chi connectivity index (χ2v) is 8.59. The SMILES string of the molecule is COc1ccc(S(=O)(=O)CCC(=O)NCC(C)N2CCCC2)cc1OC. The molecule has 7 nitrogen and oxygen atoms in total. The Balaban J connectivity index is 1.87. The highest BCUT2D eigenvalue weighted by Gasteiger charge is 2.21. The van der Waals surface area contributed by atoms with Crippen molar-refractivity contribution in [1.29, 1.82) is 0 Å². The first-order chi connectivity index (χ1) is 12.4. The maximum atomic E-state index is 12.5. The van der Waals surface area contributed by atoms with Gasteiger partial charge >= 0.3 is 0 Å². The fourth-order valence-corrected chi connectivity index (χ4v) is 4.27. The molecule has 0 saturated carbocycles. The summed E-state index contributed by atoms with van der Waals surface area (Å²) < 4.78 is 35.2. The predicted molar refractivity (Wildman–Crippen MR) is 99.5 cm³/mol. The number of carbonyl (C=O) groups is 1. The van der Waals surface area contributed by atoms with Gasteiger partial charge in [0, 0.05) is 25.1 Å². The van der Waals surface area contributed by atoms with Crippen LogP contribution in [0.15, 0.2) is 23.1 Å². The van der Waals surface area contributed by atoms with Crippen molar-refractivity contribution in [2.24, 2.45) is 0 Å². The number of amides is 1. The minimum Gasteiger partial charge on any atom is -0.493 e. The standard InChI is InChI=1S/C18H28N2O5S/c1-14(20-9-4-5-10-20)13-19-18(21)8-11-26(22,23)15-6-7-16(24-2)17(12-15)25-3/h6-7,12,14H,4-5,8-11,13H2,1-3H3,(H,19,21). The fourth-order valence-electron chi connectivity index (χ4n) is 3.02. The van der Waals surface area contributed by atoms with Crippen LogP contribution in [0, 0.1) is 0 Å². The molecule has 1 N–H and O–H groups in total. The maximum Gasteiger partial charge on any atom is 0.221 e. The van der Waals surface area contributed by atoms with Gasteiger partial charge in [0.2, 0.25) is 5.91 Å². The molecule has 1 atom stereocenters. The summed E-state index contributed by atoms with van der Waals surface area (Å²) in [6.07, 6.45) is 2.33. The summed E-state index contributed by atoms with van der Waals surface area (Å²) >= 11 is 0. The van der Waals surface area contributed by atoms with E-state index in [1.165, 1.54) is 39.2 Å². The molecule has 0 bridgehead atoms. The molecular formula is C18H28N2O5S. The number of carbonyl (C=O) groups excluding carboxylic acids is 1. The van der Waals surface area contributed by atoms with Crippen molar-refractivity contribution in [1.82, 2.24) is 10.2 Å². The van der Waals surface area contributed by atoms with Gasteiger partial charge in [0.15, 0.2) is 21.3 Å². The van der Waals surface area contributed by atoms with Crippen molar-refractivity contribution in [3.8, 4) is 11.5 Å². The molecule has 1 aliphatic rings. The van der Waals surface area contributed by atoms with Gasteiger partial charge in [0.25, 0.3) is 0 Å². The van der Waals surface area contributed by atoms with Crippen molar-refractivity contribution in [3.05, 3.63) is 18.2 Å². The molecule has 0 aliphatic carbocycles. The van der Waals surface area contributed by atoms with Crippen molar-refractivity contribution < 1.29 is 22.7 Å². The molecule has 1 amide bonds. The topological polar surface area (TPSA) is 84.9 Å². The Morgan fingerprint density at radius 3 is 2.46 bits per heavy atom. The zero-order valence-corrected chi connectivity index (χ0v) is 16.5. The van der Waals surface area contributed by atoms with Gasteiger partial charge in [-0.05, 0) is 45.0 Å². The van der Waals surface area contributed by atoms with E-state index in [4.69, 9.17) is 9.47 Å². The lowest BCUT2D eigenvalue weighted by Gasteiger charge is -2.23. The third-order valence-electron chi connectivity index (χ3n) is 4.67. The molecule has 1 aliphatic heterocycles. The summed E-state index contributed by atoms with van der Waals surface area (Å²) in [6.45, 7) is 4.73. The molecule has 0 radical (unpaired) electrons. The highest BCUT2D eigenvalue weighted by molar-refractivity contribution is 7.91. The molecule has 8 heteroatoms. The Kier molecular flexibility index (Phi) is 7.28. The average molecular weight is 384 g/mol. The summed E-state index contributed by atoms with van der Waals surface area (Å²) in [5.74, 6) is 0.310. The van der Waals surface area contributed by atoms with E-state index < -0.39 is 9.84 Å². The van der Waals surface area contributed by atoms with Gasteiger partial charge in [-0.2, -0.15) is 0 Å². The molecule has 1 unspecified atom stereocenters. The maximum absolute atomic E-state index is 12.5. The first-order valence-corrected chi connectivity index (χ1v) is 10.5. The molecule has 0 aromatic heterocycles. The van der Waals surface area contributed by atoms with Crippen LogP contribution < -0.4 is 14.8 Å². The summed E-state index contributed by atoms with van der Waals surface area (Å²) in [5.41, 5.74) is 0. The minimum absolute atomic E-state index is 0.0661. The highest BCUT2D eigenvalue weighted by atomic mass is 32.2. The van der Waals surface area contributed by atoms with Crippen molar-refractivity contribution in [2.45, 2.75) is 37.1 Å². The van der Waals surface area contributed by atoms with Gasteiger partial charge in [-0.15, -0.1) is 0 Å². The summed E-state index contributed by atoms with van der Waals surface area (Å²) in [5, 5.41) is 2.83. The van der Waals surface area contributed by atoms with Gasteiger partial charge < -0.3 is 14.8 Å². The Morgan fingerprint density at radius 1 is 1.19 bits per heavy atom. The van der Waals surface area contributed by atoms with Crippen molar-refractivity contribution in [2.75, 3.05) is 39.6 Å². The number of hydrogen-bond acceptors (Lipinski definition) is 6. The van der Waals surface area contributed by atoms with Crippen LogP contribution in [-0.4, -0.2) is 64.9 Å². The van der Waals surface area contributed by atoms with Crippen LogP contribution in [0.1, 0.15) is 26.2 Å². The second-order valence-electron chi connectivity index (χ2n) is 6.48. The number of hydrogen-bond donors (Lipinski definition) is 1. The van der Waals surface area contributed by atoms with Crippen LogP contribution in [0.4, 0.5) is 0 Å². The molecule has 1 aromatic carbocycles. The number of likely N-dealkylation sites (tertiary alicyclic amines) is 1. The van der Waals surface area contributed by atoms with Gasteiger partial charge in [-0.25, -0.2) is 8.42 Å². The van der Waals surface area contributed by atoms with E-state index in [0.29, 0.717) is 18.0 Å². The molecule has 0 spiro atoms. The lowest BCUT2D eigenvalue weighted by molar-refractivity contribution is -0.120. The van der Waals surface area contributed by atoms with Crippen LogP contribution in [0.3, 0.4) is 0 Å². The summed E-state index contributed by atoms with van der Waals surface area (Å²) in [4.78, 5) is 14.5. The van der Waals surface area contributed by atoms with E-state index in [9.17, 15) is 13.2 Å². The number of nitrogens with zero attached hydrogens (tertiary/aromatic N) is 1. The summed E-state index contributed by atoms with van der Waals surface area (Å²) in [6, 6.07) is 4.69. The molecule has 2 rings (SSSR count). The van der Waals surface area contributed by atoms with Gasteiger partial charge in [0.05, 0.1) is 24.9 Å². The third kappa shape index (κ3) is 5.35. The fraction of sp³-hybridized carbons (Fsp3) is 0.611. The Hall–Kier alpha value is -1.80. The number of ether oxygens (including phenoxy) is 2. The normalized spacial score (nSPS) is 16.3. The molecule has 1 saturated heterocycles. The number of methoxy groups -OCH3 is 2. The Labute approximate surface area is 155 Å². The quantitative estimate of drug-likeness (QED) is 0.694. The van der Waals surface area contributed by atoms with Crippen molar-refractivity contribution in [3.63, 3.8) is 0 Å². The lowest BCUT2D eigenvalue weighted by atomic mass is 10.3. The molecule has 1 aromatic rings. The molecule has 146 valence electrons. The van der Waals surface area contributed by atoms with E-state index in [-0.39, 0.29) is 29.0 Å². The summed E-state index contributed by atoms with van der Waals surface area (Å²) in [7, 11) is -0.641. The minimum atomic E-state index is -3.57. The van der Waals surface area contributed by atoms with E-state index in [2.05, 4.69) is 17.1 Å². The van der Waals surface area contributed by atoms with Crippen LogP contribution in [-0.2, 0) is 14.6 Å². The number of sulfone groups is 1. The zero-order valence-electron chi connectivity index (χ0n) is 15.7. The van der Waals surface area contributed by atoms with Crippen LogP contribution in [0.5, 0.6) is 11.5 Å². The number of benzene rings is 1. The van der Waals surface area contributed by atoms with Gasteiger partial charge in [-0.3, -0.25) is 9.69 Å². The number of rotatable bonds is 9. The smallest absolute Gasteiger partial charge is 0.221 e. The average Bonchev–Trinajstić information content (AvgIpc) is 3.18. The molecule has 1 heterocycles. The molecule has 26 heavy (non-hydrogen) atoms. The zero-order chi connectivity index (χ0) is 19.2. The third-order valence-corrected chi connectivity index (χ3v) is 6.38. The Morgan fingerprint density at radius 2 is 1.85 bits per heavy atom. The van der Waals surface area contributed by atoms with Crippen LogP contribution in [0.25, 0.3) is 0 Å². The lowest BCUT2D eigenvalue weighted by Crippen LogP contribution is -2.41. The van der Waals surface area contributed by atoms with Crippen molar-refractivity contribution >= 4 is 15.7 Å². The first kappa shape index (κ1) is 20.5. The van der Waals surface area contributed by atoms with E-state index >= 15 is 0 Å². The van der Waals surface area contributed by atoms with Crippen LogP contribution in [0.2, 0.25) is 0 Å². The first-order valence-electron chi connectivity index (χ1n) is 8.83. The van der Waals surface area contributed by atoms with E-state index in [1.54, 1.807) is 6.07 Å². The highest BCUT2D eigenvalue weighted by Crippen LogP contribution is 2.29. The molecule has 1 fully saturated rings. The number of nitrogens with one attached hydrogen (secondary N) is 1. The van der Waals surface area contributed by atoms with E-state index in [0.717, 1.165) is 13.1 Å². The van der Waals surface area contributed by atoms with E-state index in [1.807, 2.05) is 0 Å². The predicted octanol–water partition coefficient (Wildman–Crippen LogP) is 1.47. The monoisotopic (exact) mass is 384 g/mol. The van der Waals surface area contributed by atoms with Crippen LogP contribution >= 0.6 is 0 Å². The molecular weight excluding hydrogens is 356 g/mol. The largest absolute Gasteiger partial charge is 0.493 e. The van der Waals surface area contributed by atoms with Gasteiger partial charge in [0.1, 0.15) is 0 Å². The van der Waals surface area contributed by atoms with Gasteiger partial charge in [-0.1, -0.05) is 0 Å². The Bertz CT molecular complexity index is 714. The second kappa shape index (κ2) is 9.23.